The molecule has 0 aliphatic carbocycles. The fourth-order valence-electron chi connectivity index (χ4n) is 1.30. The number of nitrogens with zero attached hydrogens (tertiary/aromatic N) is 1. The molecular formula is C13H12N2O2S. The first kappa shape index (κ1) is 12.4. The average molecular weight is 260 g/mol. The zero-order valence-corrected chi connectivity index (χ0v) is 10.6. The first-order valence-corrected chi connectivity index (χ1v) is 6.53. The van der Waals surface area contributed by atoms with E-state index in [9.17, 15) is 4.79 Å². The van der Waals surface area contributed by atoms with Crippen LogP contribution in [-0.2, 0) is 4.79 Å². The van der Waals surface area contributed by atoms with Crippen LogP contribution in [0.3, 0.4) is 0 Å². The van der Waals surface area contributed by atoms with Gasteiger partial charge in [-0.2, -0.15) is 0 Å². The van der Waals surface area contributed by atoms with Crippen molar-refractivity contribution in [1.82, 2.24) is 4.98 Å². The lowest BCUT2D eigenvalue weighted by Crippen LogP contribution is -2.07. The number of nitrogens with one attached hydrogen (secondary N) is 1. The average Bonchev–Trinajstić information content (AvgIpc) is 2.90. The molecule has 2 rings (SSSR count). The van der Waals surface area contributed by atoms with Crippen molar-refractivity contribution in [3.05, 3.63) is 48.6 Å². The van der Waals surface area contributed by atoms with E-state index in [0.717, 1.165) is 5.03 Å². The molecule has 0 saturated carbocycles. The van der Waals surface area contributed by atoms with Crippen molar-refractivity contribution >= 4 is 29.4 Å². The Labute approximate surface area is 109 Å². The van der Waals surface area contributed by atoms with Gasteiger partial charge < -0.3 is 9.73 Å². The standard InChI is InChI=1S/C13H12N2O2S/c1-18-13-7-4-10(9-14-13)15-12(16)6-5-11-3-2-8-17-11/h2-9H,1H3,(H,15,16). The molecule has 92 valence electrons. The number of carbonyl (C=O) groups excluding carboxylic acids is 1. The number of anilines is 1. The van der Waals surface area contributed by atoms with E-state index in [4.69, 9.17) is 4.42 Å². The van der Waals surface area contributed by atoms with E-state index in [0.29, 0.717) is 11.4 Å². The lowest BCUT2D eigenvalue weighted by atomic mass is 10.3. The highest BCUT2D eigenvalue weighted by Gasteiger charge is 1.99. The maximum Gasteiger partial charge on any atom is 0.248 e. The molecule has 0 fully saturated rings. The van der Waals surface area contributed by atoms with Crippen molar-refractivity contribution in [2.75, 3.05) is 11.6 Å². The van der Waals surface area contributed by atoms with Crippen molar-refractivity contribution in [2.45, 2.75) is 5.03 Å². The fourth-order valence-corrected chi connectivity index (χ4v) is 1.67. The van der Waals surface area contributed by atoms with Crippen LogP contribution in [0, 0.1) is 0 Å². The Balaban J connectivity index is 1.94. The number of hydrogen-bond acceptors (Lipinski definition) is 4. The van der Waals surface area contributed by atoms with Crippen molar-refractivity contribution in [3.63, 3.8) is 0 Å². The number of amides is 1. The normalized spacial score (nSPS) is 10.7. The summed E-state index contributed by atoms with van der Waals surface area (Å²) >= 11 is 1.55. The van der Waals surface area contributed by atoms with Crippen LogP contribution in [0.15, 0.2) is 52.2 Å². The van der Waals surface area contributed by atoms with Crippen molar-refractivity contribution in [1.29, 1.82) is 0 Å². The number of rotatable bonds is 4. The van der Waals surface area contributed by atoms with E-state index in [-0.39, 0.29) is 5.91 Å². The molecule has 0 bridgehead atoms. The Morgan fingerprint density at radius 2 is 2.33 bits per heavy atom. The highest BCUT2D eigenvalue weighted by molar-refractivity contribution is 7.98. The second-order valence-corrected chi connectivity index (χ2v) is 4.25. The maximum absolute atomic E-state index is 11.6. The molecule has 2 aromatic heterocycles. The highest BCUT2D eigenvalue weighted by atomic mass is 32.2. The third-order valence-electron chi connectivity index (χ3n) is 2.16. The van der Waals surface area contributed by atoms with Crippen molar-refractivity contribution in [2.24, 2.45) is 0 Å². The maximum atomic E-state index is 11.6. The summed E-state index contributed by atoms with van der Waals surface area (Å²) in [7, 11) is 0. The topological polar surface area (TPSA) is 55.1 Å². The van der Waals surface area contributed by atoms with Crippen LogP contribution < -0.4 is 5.32 Å². The van der Waals surface area contributed by atoms with Gasteiger partial charge in [-0.05, 0) is 36.6 Å². The summed E-state index contributed by atoms with van der Waals surface area (Å²) in [5.74, 6) is 0.422. The number of aromatic nitrogens is 1. The largest absolute Gasteiger partial charge is 0.465 e. The second-order valence-electron chi connectivity index (χ2n) is 3.43. The van der Waals surface area contributed by atoms with Gasteiger partial charge in [-0.15, -0.1) is 11.8 Å². The zero-order chi connectivity index (χ0) is 12.8. The van der Waals surface area contributed by atoms with E-state index < -0.39 is 0 Å². The Hall–Kier alpha value is -2.01. The number of thioether (sulfide) groups is 1. The third-order valence-corrected chi connectivity index (χ3v) is 2.81. The van der Waals surface area contributed by atoms with Crippen LogP contribution in [0.2, 0.25) is 0 Å². The summed E-state index contributed by atoms with van der Waals surface area (Å²) in [4.78, 5) is 15.8. The van der Waals surface area contributed by atoms with Crippen molar-refractivity contribution in [3.8, 4) is 0 Å². The summed E-state index contributed by atoms with van der Waals surface area (Å²) < 4.78 is 5.08. The molecule has 2 heterocycles. The molecule has 0 aliphatic heterocycles. The van der Waals surface area contributed by atoms with Crippen LogP contribution in [0.5, 0.6) is 0 Å². The molecule has 0 spiro atoms. The first-order valence-electron chi connectivity index (χ1n) is 5.30. The van der Waals surface area contributed by atoms with Gasteiger partial charge in [0, 0.05) is 6.08 Å². The Morgan fingerprint density at radius 3 is 2.94 bits per heavy atom. The van der Waals surface area contributed by atoms with Gasteiger partial charge in [-0.3, -0.25) is 4.79 Å². The fraction of sp³-hybridized carbons (Fsp3) is 0.0769. The lowest BCUT2D eigenvalue weighted by Gasteiger charge is -2.01. The van der Waals surface area contributed by atoms with Gasteiger partial charge in [0.15, 0.2) is 0 Å². The van der Waals surface area contributed by atoms with Crippen LogP contribution in [0.1, 0.15) is 5.76 Å². The number of carbonyl (C=O) groups is 1. The SMILES string of the molecule is CSc1ccc(NC(=O)C=Cc2ccco2)cn1. The van der Waals surface area contributed by atoms with Gasteiger partial charge in [0.25, 0.3) is 0 Å². The molecule has 1 N–H and O–H groups in total. The minimum Gasteiger partial charge on any atom is -0.465 e. The summed E-state index contributed by atoms with van der Waals surface area (Å²) in [6.07, 6.45) is 8.17. The molecule has 0 saturated heterocycles. The summed E-state index contributed by atoms with van der Waals surface area (Å²) in [5.41, 5.74) is 0.668. The van der Waals surface area contributed by atoms with Gasteiger partial charge in [0.1, 0.15) is 5.76 Å². The highest BCUT2D eigenvalue weighted by Crippen LogP contribution is 2.13. The molecular weight excluding hydrogens is 248 g/mol. The number of pyridine rings is 1. The number of furan rings is 1. The van der Waals surface area contributed by atoms with E-state index in [1.165, 1.54) is 6.08 Å². The Kier molecular flexibility index (Phi) is 4.20. The lowest BCUT2D eigenvalue weighted by molar-refractivity contribution is -0.111. The van der Waals surface area contributed by atoms with Crippen LogP contribution in [-0.4, -0.2) is 17.1 Å². The van der Waals surface area contributed by atoms with E-state index >= 15 is 0 Å². The van der Waals surface area contributed by atoms with Gasteiger partial charge in [0.05, 0.1) is 23.2 Å². The van der Waals surface area contributed by atoms with Crippen LogP contribution >= 0.6 is 11.8 Å². The second kappa shape index (κ2) is 6.07. The van der Waals surface area contributed by atoms with Crippen LogP contribution in [0.25, 0.3) is 6.08 Å². The van der Waals surface area contributed by atoms with Crippen LogP contribution in [0.4, 0.5) is 5.69 Å². The molecule has 0 aliphatic rings. The molecule has 0 atom stereocenters. The third kappa shape index (κ3) is 3.49. The zero-order valence-electron chi connectivity index (χ0n) is 9.79. The van der Waals surface area contributed by atoms with E-state index in [1.54, 1.807) is 42.4 Å². The summed E-state index contributed by atoms with van der Waals surface area (Å²) in [5, 5.41) is 3.63. The predicted molar refractivity (Wildman–Crippen MR) is 72.4 cm³/mol. The molecule has 2 aromatic rings. The van der Waals surface area contributed by atoms with E-state index in [2.05, 4.69) is 10.3 Å². The summed E-state index contributed by atoms with van der Waals surface area (Å²) in [6, 6.07) is 7.22. The molecule has 0 radical (unpaired) electrons. The quantitative estimate of drug-likeness (QED) is 0.678. The first-order chi connectivity index (χ1) is 8.78. The minimum atomic E-state index is -0.217. The minimum absolute atomic E-state index is 0.217. The molecule has 18 heavy (non-hydrogen) atoms. The molecule has 0 aromatic carbocycles. The Bertz CT molecular complexity index is 533. The Morgan fingerprint density at radius 1 is 1.44 bits per heavy atom. The van der Waals surface area contributed by atoms with Gasteiger partial charge in [0.2, 0.25) is 5.91 Å². The molecule has 0 unspecified atom stereocenters. The summed E-state index contributed by atoms with van der Waals surface area (Å²) in [6.45, 7) is 0. The van der Waals surface area contributed by atoms with Gasteiger partial charge >= 0.3 is 0 Å². The van der Waals surface area contributed by atoms with Gasteiger partial charge in [-0.1, -0.05) is 0 Å². The predicted octanol–water partition coefficient (Wildman–Crippen LogP) is 3.05. The molecule has 1 amide bonds. The van der Waals surface area contributed by atoms with Crippen molar-refractivity contribution < 1.29 is 9.21 Å². The molecule has 4 nitrogen and oxygen atoms in total. The van der Waals surface area contributed by atoms with E-state index in [1.807, 2.05) is 18.4 Å². The van der Waals surface area contributed by atoms with Gasteiger partial charge in [-0.25, -0.2) is 4.98 Å². The smallest absolute Gasteiger partial charge is 0.248 e. The number of hydrogen-bond donors (Lipinski definition) is 1. The monoisotopic (exact) mass is 260 g/mol. The molecule has 5 heteroatoms.